The van der Waals surface area contributed by atoms with E-state index in [1.54, 1.807) is 6.92 Å². The minimum Gasteiger partial charge on any atom is -0.459 e. The lowest BCUT2D eigenvalue weighted by molar-refractivity contribution is -0.154. The Hall–Kier alpha value is -2.20. The molecule has 0 unspecified atom stereocenters. The van der Waals surface area contributed by atoms with E-state index in [-0.39, 0.29) is 12.3 Å². The largest absolute Gasteiger partial charge is 0.459 e. The van der Waals surface area contributed by atoms with Gasteiger partial charge in [-0.25, -0.2) is 4.79 Å². The van der Waals surface area contributed by atoms with Crippen molar-refractivity contribution in [1.29, 1.82) is 0 Å². The first kappa shape index (κ1) is 16.2. The molecule has 2 rings (SSSR count). The van der Waals surface area contributed by atoms with Gasteiger partial charge in [-0.3, -0.25) is 25.5 Å². The number of carbonyl (C=O) groups excluding carboxylic acids is 3. The van der Waals surface area contributed by atoms with Gasteiger partial charge in [0, 0.05) is 0 Å². The maximum atomic E-state index is 11.8. The van der Waals surface area contributed by atoms with E-state index in [4.69, 9.17) is 0 Å². The SMILES string of the molecule is CCOC(=O)C(=O)NNC(=O)c1cc(-c2ccc(Br)s2)[nH]n1. The summed E-state index contributed by atoms with van der Waals surface area (Å²) in [6.45, 7) is 1.64. The molecule has 0 aliphatic rings. The number of halogens is 1. The van der Waals surface area contributed by atoms with Gasteiger partial charge in [0.05, 0.1) is 21.0 Å². The normalized spacial score (nSPS) is 10.1. The third-order valence-corrected chi connectivity index (χ3v) is 4.06. The number of H-pyrrole nitrogens is 1. The predicted molar refractivity (Wildman–Crippen MR) is 81.8 cm³/mol. The highest BCUT2D eigenvalue weighted by molar-refractivity contribution is 9.11. The number of nitrogens with zero attached hydrogens (tertiary/aromatic N) is 1. The standard InChI is InChI=1S/C12H11BrN4O4S/c1-2-21-12(20)11(19)17-16-10(18)7-5-6(14-15-7)8-3-4-9(13)22-8/h3-5H,2H2,1H3,(H,14,15)(H,16,18)(H,17,19). The smallest absolute Gasteiger partial charge is 0.398 e. The first-order chi connectivity index (χ1) is 10.5. The summed E-state index contributed by atoms with van der Waals surface area (Å²) in [5, 5.41) is 6.57. The lowest BCUT2D eigenvalue weighted by Crippen LogP contribution is -2.45. The Morgan fingerprint density at radius 3 is 2.77 bits per heavy atom. The molecule has 10 heteroatoms. The Labute approximate surface area is 137 Å². The molecule has 2 heterocycles. The zero-order chi connectivity index (χ0) is 16.1. The molecule has 2 amide bonds. The van der Waals surface area contributed by atoms with Crippen molar-refractivity contribution < 1.29 is 19.1 Å². The Morgan fingerprint density at radius 2 is 2.14 bits per heavy atom. The van der Waals surface area contributed by atoms with Crippen LogP contribution in [-0.2, 0) is 14.3 Å². The summed E-state index contributed by atoms with van der Waals surface area (Å²) in [4.78, 5) is 35.0. The number of amides is 2. The molecule has 2 aromatic heterocycles. The van der Waals surface area contributed by atoms with Crippen LogP contribution >= 0.6 is 27.3 Å². The molecule has 2 aromatic rings. The van der Waals surface area contributed by atoms with E-state index in [1.807, 2.05) is 17.6 Å². The van der Waals surface area contributed by atoms with E-state index < -0.39 is 17.8 Å². The van der Waals surface area contributed by atoms with Gasteiger partial charge in [-0.2, -0.15) is 5.10 Å². The summed E-state index contributed by atoms with van der Waals surface area (Å²) in [7, 11) is 0. The number of ether oxygens (including phenoxy) is 1. The highest BCUT2D eigenvalue weighted by Gasteiger charge is 2.17. The van der Waals surface area contributed by atoms with Gasteiger partial charge in [0.2, 0.25) is 0 Å². The highest BCUT2D eigenvalue weighted by atomic mass is 79.9. The molecule has 0 aromatic carbocycles. The Bertz CT molecular complexity index is 712. The van der Waals surface area contributed by atoms with Crippen LogP contribution in [0.2, 0.25) is 0 Å². The third kappa shape index (κ3) is 3.92. The van der Waals surface area contributed by atoms with Crippen LogP contribution in [0.25, 0.3) is 10.6 Å². The molecule has 0 spiro atoms. The fraction of sp³-hybridized carbons (Fsp3) is 0.167. The average molecular weight is 387 g/mol. The summed E-state index contributed by atoms with van der Waals surface area (Å²) in [6.07, 6.45) is 0. The van der Waals surface area contributed by atoms with Crippen LogP contribution in [0.5, 0.6) is 0 Å². The number of aromatic amines is 1. The maximum Gasteiger partial charge on any atom is 0.398 e. The van der Waals surface area contributed by atoms with Crippen molar-refractivity contribution in [2.45, 2.75) is 6.92 Å². The van der Waals surface area contributed by atoms with Gasteiger partial charge < -0.3 is 4.74 Å². The van der Waals surface area contributed by atoms with Gasteiger partial charge in [-0.1, -0.05) is 0 Å². The average Bonchev–Trinajstić information content (AvgIpc) is 3.13. The second kappa shape index (κ2) is 7.18. The molecule has 116 valence electrons. The van der Waals surface area contributed by atoms with Crippen molar-refractivity contribution in [2.24, 2.45) is 0 Å². The van der Waals surface area contributed by atoms with Gasteiger partial charge in [0.1, 0.15) is 0 Å². The minimum atomic E-state index is -1.08. The maximum absolute atomic E-state index is 11.8. The fourth-order valence-electron chi connectivity index (χ4n) is 1.45. The van der Waals surface area contributed by atoms with Gasteiger partial charge >= 0.3 is 11.9 Å². The molecule has 0 aliphatic carbocycles. The molecule has 8 nitrogen and oxygen atoms in total. The number of carbonyl (C=O) groups is 3. The number of hydrogen-bond donors (Lipinski definition) is 3. The Balaban J connectivity index is 1.95. The zero-order valence-corrected chi connectivity index (χ0v) is 13.7. The van der Waals surface area contributed by atoms with Crippen LogP contribution in [0.1, 0.15) is 17.4 Å². The second-order valence-corrected chi connectivity index (χ2v) is 6.36. The van der Waals surface area contributed by atoms with Crippen LogP contribution in [0, 0.1) is 0 Å². The lowest BCUT2D eigenvalue weighted by Gasteiger charge is -2.04. The van der Waals surface area contributed by atoms with Crippen LogP contribution < -0.4 is 10.9 Å². The summed E-state index contributed by atoms with van der Waals surface area (Å²) in [6, 6.07) is 5.27. The number of rotatable bonds is 3. The van der Waals surface area contributed by atoms with Crippen LogP contribution in [0.3, 0.4) is 0 Å². The van der Waals surface area contributed by atoms with Gasteiger partial charge in [0.25, 0.3) is 5.91 Å². The first-order valence-corrected chi connectivity index (χ1v) is 7.70. The highest BCUT2D eigenvalue weighted by Crippen LogP contribution is 2.30. The van der Waals surface area contributed by atoms with Gasteiger partial charge in [0.15, 0.2) is 5.69 Å². The number of esters is 1. The van der Waals surface area contributed by atoms with Crippen LogP contribution in [-0.4, -0.2) is 34.6 Å². The van der Waals surface area contributed by atoms with E-state index in [2.05, 4.69) is 36.3 Å². The van der Waals surface area contributed by atoms with Gasteiger partial charge in [-0.05, 0) is 41.1 Å². The molecule has 3 N–H and O–H groups in total. The number of thiophene rings is 1. The number of aromatic nitrogens is 2. The van der Waals surface area contributed by atoms with E-state index in [9.17, 15) is 14.4 Å². The minimum absolute atomic E-state index is 0.0687. The van der Waals surface area contributed by atoms with Crippen LogP contribution in [0.15, 0.2) is 22.0 Å². The topological polar surface area (TPSA) is 113 Å². The van der Waals surface area contributed by atoms with Crippen molar-refractivity contribution in [2.75, 3.05) is 6.61 Å². The number of nitrogens with one attached hydrogen (secondary N) is 3. The first-order valence-electron chi connectivity index (χ1n) is 6.09. The molecule has 0 bridgehead atoms. The molecular formula is C12H11BrN4O4S. The van der Waals surface area contributed by atoms with E-state index in [1.165, 1.54) is 17.4 Å². The zero-order valence-electron chi connectivity index (χ0n) is 11.3. The summed E-state index contributed by atoms with van der Waals surface area (Å²) in [5.41, 5.74) is 4.76. The number of hydrazine groups is 1. The van der Waals surface area contributed by atoms with Crippen molar-refractivity contribution in [3.05, 3.63) is 27.7 Å². The van der Waals surface area contributed by atoms with Crippen LogP contribution in [0.4, 0.5) is 0 Å². The number of hydrogen-bond acceptors (Lipinski definition) is 6. The van der Waals surface area contributed by atoms with E-state index in [0.29, 0.717) is 5.69 Å². The van der Waals surface area contributed by atoms with Crippen molar-refractivity contribution in [3.8, 4) is 10.6 Å². The predicted octanol–water partition coefficient (Wildman–Crippen LogP) is 1.22. The van der Waals surface area contributed by atoms with Crippen molar-refractivity contribution in [1.82, 2.24) is 21.0 Å². The molecule has 0 fully saturated rings. The monoisotopic (exact) mass is 386 g/mol. The molecule has 0 saturated carbocycles. The second-order valence-electron chi connectivity index (χ2n) is 3.90. The quantitative estimate of drug-likeness (QED) is 0.417. The van der Waals surface area contributed by atoms with E-state index in [0.717, 1.165) is 8.66 Å². The molecular weight excluding hydrogens is 376 g/mol. The summed E-state index contributed by atoms with van der Waals surface area (Å²) >= 11 is 4.82. The molecule has 0 saturated heterocycles. The summed E-state index contributed by atoms with van der Waals surface area (Å²) in [5.74, 6) is -2.79. The third-order valence-electron chi connectivity index (χ3n) is 2.40. The van der Waals surface area contributed by atoms with Crippen molar-refractivity contribution in [3.63, 3.8) is 0 Å². The summed E-state index contributed by atoms with van der Waals surface area (Å²) < 4.78 is 5.43. The molecule has 0 aliphatic heterocycles. The Kier molecular flexibility index (Phi) is 5.28. The van der Waals surface area contributed by atoms with Crippen molar-refractivity contribution >= 4 is 45.1 Å². The van der Waals surface area contributed by atoms with E-state index >= 15 is 0 Å². The lowest BCUT2D eigenvalue weighted by atomic mass is 10.3. The molecule has 0 radical (unpaired) electrons. The molecule has 22 heavy (non-hydrogen) atoms. The Morgan fingerprint density at radius 1 is 1.36 bits per heavy atom. The van der Waals surface area contributed by atoms with Gasteiger partial charge in [-0.15, -0.1) is 11.3 Å². The fourth-order valence-corrected chi connectivity index (χ4v) is 2.80. The molecule has 0 atom stereocenters.